The first-order valence-electron chi connectivity index (χ1n) is 11.2. The van der Waals surface area contributed by atoms with Crippen molar-refractivity contribution in [3.63, 3.8) is 0 Å². The summed E-state index contributed by atoms with van der Waals surface area (Å²) in [7, 11) is 2.36. The highest BCUT2D eigenvalue weighted by molar-refractivity contribution is 7.27. The van der Waals surface area contributed by atoms with Gasteiger partial charge in [0.05, 0.1) is 5.56 Å². The zero-order valence-corrected chi connectivity index (χ0v) is 20.5. The summed E-state index contributed by atoms with van der Waals surface area (Å²) < 4.78 is 17.3. The highest BCUT2D eigenvalue weighted by Gasteiger charge is 2.30. The summed E-state index contributed by atoms with van der Waals surface area (Å²) in [6.07, 6.45) is 0.521. The first kappa shape index (κ1) is 24.9. The molecule has 1 atom stereocenters. The third-order valence-electron chi connectivity index (χ3n) is 5.26. The van der Waals surface area contributed by atoms with Gasteiger partial charge in [0, 0.05) is 11.5 Å². The van der Waals surface area contributed by atoms with E-state index in [0.29, 0.717) is 5.30 Å². The van der Waals surface area contributed by atoms with Gasteiger partial charge in [0.2, 0.25) is 0 Å². The van der Waals surface area contributed by atoms with Crippen molar-refractivity contribution in [2.45, 2.75) is 19.8 Å². The molecule has 1 heterocycles. The van der Waals surface area contributed by atoms with Crippen LogP contribution in [0.4, 0.5) is 4.79 Å². The minimum absolute atomic E-state index is 0.00364. The summed E-state index contributed by atoms with van der Waals surface area (Å²) in [5.74, 6) is -1.61. The molecule has 0 N–H and O–H groups in total. The van der Waals surface area contributed by atoms with E-state index in [-0.39, 0.29) is 31.1 Å². The molecule has 36 heavy (non-hydrogen) atoms. The zero-order valence-electron chi connectivity index (χ0n) is 19.3. The summed E-state index contributed by atoms with van der Waals surface area (Å²) >= 11 is 0. The van der Waals surface area contributed by atoms with Gasteiger partial charge in [-0.05, 0) is 16.7 Å². The summed E-state index contributed by atoms with van der Waals surface area (Å²) in [5.41, 5.74) is 1.98. The normalized spacial score (nSPS) is 10.5. The van der Waals surface area contributed by atoms with Gasteiger partial charge in [0.1, 0.15) is 19.8 Å². The summed E-state index contributed by atoms with van der Waals surface area (Å²) in [4.78, 5) is 39.2. The number of nitrogens with zero attached hydrogens (tertiary/aromatic N) is 1. The van der Waals surface area contributed by atoms with Gasteiger partial charge in [-0.25, -0.2) is 19.0 Å². The van der Waals surface area contributed by atoms with E-state index in [1.54, 1.807) is 12.1 Å². The molecule has 0 saturated carbocycles. The molecule has 4 rings (SSSR count). The highest BCUT2D eigenvalue weighted by Crippen LogP contribution is 2.18. The summed E-state index contributed by atoms with van der Waals surface area (Å²) in [6, 6.07) is 27.4. The van der Waals surface area contributed by atoms with E-state index >= 15 is 0 Å². The van der Waals surface area contributed by atoms with Gasteiger partial charge >= 0.3 is 18.0 Å². The average molecular weight is 501 g/mol. The molecule has 1 unspecified atom stereocenters. The van der Waals surface area contributed by atoms with E-state index in [9.17, 15) is 14.4 Å². The third-order valence-corrected chi connectivity index (χ3v) is 5.70. The second kappa shape index (κ2) is 12.0. The molecule has 0 aliphatic carbocycles. The fraction of sp³-hybridized carbons (Fsp3) is 0.107. The summed E-state index contributed by atoms with van der Waals surface area (Å²) in [5, 5.41) is 0.302. The molecule has 0 fully saturated rings. The lowest BCUT2D eigenvalue weighted by Gasteiger charge is -2.11. The Hall–Kier alpha value is -4.22. The number of esters is 2. The molecule has 0 aliphatic heterocycles. The standard InChI is InChI=1S/C28H24NO6P/c30-26(33-17-20-10-4-1-5-11-20)24-23(36)16-29(28(32)35-19-22-14-8-3-9-15-22)25(24)27(31)34-18-21-12-6-2-7-13-21/h1-16H,17-19,36H2. The number of ether oxygens (including phenoxy) is 3. The van der Waals surface area contributed by atoms with Crippen molar-refractivity contribution in [3.05, 3.63) is 125 Å². The Balaban J connectivity index is 1.58. The van der Waals surface area contributed by atoms with Gasteiger partial charge in [-0.1, -0.05) is 91.0 Å². The van der Waals surface area contributed by atoms with Crippen LogP contribution in [0.3, 0.4) is 0 Å². The predicted molar refractivity (Wildman–Crippen MR) is 137 cm³/mol. The molecule has 0 aliphatic rings. The lowest BCUT2D eigenvalue weighted by atomic mass is 10.2. The van der Waals surface area contributed by atoms with E-state index in [0.717, 1.165) is 21.3 Å². The van der Waals surface area contributed by atoms with Crippen LogP contribution in [-0.4, -0.2) is 22.6 Å². The lowest BCUT2D eigenvalue weighted by Crippen LogP contribution is -2.22. The molecular weight excluding hydrogens is 477 g/mol. The van der Waals surface area contributed by atoms with Crippen molar-refractivity contribution in [1.29, 1.82) is 0 Å². The molecule has 0 saturated heterocycles. The molecule has 1 aromatic heterocycles. The van der Waals surface area contributed by atoms with Crippen LogP contribution in [0.25, 0.3) is 0 Å². The van der Waals surface area contributed by atoms with Crippen molar-refractivity contribution >= 4 is 32.6 Å². The molecule has 4 aromatic rings. The maximum atomic E-state index is 13.2. The SMILES string of the molecule is O=C(OCc1ccccc1)c1c(P)cn(C(=O)OCc2ccccc2)c1C(=O)OCc1ccccc1. The molecular formula is C28H24NO6P. The number of hydrogen-bond acceptors (Lipinski definition) is 6. The van der Waals surface area contributed by atoms with Crippen LogP contribution < -0.4 is 5.30 Å². The van der Waals surface area contributed by atoms with Crippen LogP contribution >= 0.6 is 9.24 Å². The number of aromatic nitrogens is 1. The van der Waals surface area contributed by atoms with Gasteiger partial charge in [-0.2, -0.15) is 0 Å². The van der Waals surface area contributed by atoms with Crippen molar-refractivity contribution < 1.29 is 28.6 Å². The Morgan fingerprint density at radius 2 is 1.03 bits per heavy atom. The first-order valence-corrected chi connectivity index (χ1v) is 11.7. The maximum Gasteiger partial charge on any atom is 0.419 e. The van der Waals surface area contributed by atoms with Crippen molar-refractivity contribution in [3.8, 4) is 0 Å². The average Bonchev–Trinajstić information content (AvgIpc) is 3.28. The van der Waals surface area contributed by atoms with Crippen LogP contribution in [0, 0.1) is 0 Å². The second-order valence-electron chi connectivity index (χ2n) is 7.84. The lowest BCUT2D eigenvalue weighted by molar-refractivity contribution is 0.0417. The molecule has 0 amide bonds. The monoisotopic (exact) mass is 501 g/mol. The van der Waals surface area contributed by atoms with E-state index in [2.05, 4.69) is 9.24 Å². The number of carbonyl (C=O) groups excluding carboxylic acids is 3. The van der Waals surface area contributed by atoms with Crippen LogP contribution in [0.5, 0.6) is 0 Å². The topological polar surface area (TPSA) is 83.8 Å². The predicted octanol–water partition coefficient (Wildman–Crippen LogP) is 4.89. The molecule has 0 radical (unpaired) electrons. The Morgan fingerprint density at radius 1 is 0.611 bits per heavy atom. The fourth-order valence-electron chi connectivity index (χ4n) is 3.46. The molecule has 0 spiro atoms. The number of carbonyl (C=O) groups is 3. The van der Waals surface area contributed by atoms with Crippen LogP contribution in [-0.2, 0) is 34.0 Å². The van der Waals surface area contributed by atoms with Gasteiger partial charge in [-0.15, -0.1) is 9.24 Å². The molecule has 7 nitrogen and oxygen atoms in total. The van der Waals surface area contributed by atoms with Crippen molar-refractivity contribution in [2.75, 3.05) is 0 Å². The van der Waals surface area contributed by atoms with E-state index in [4.69, 9.17) is 14.2 Å². The Labute approximate surface area is 210 Å². The number of hydrogen-bond donors (Lipinski definition) is 0. The quantitative estimate of drug-likeness (QED) is 0.194. The van der Waals surface area contributed by atoms with E-state index in [1.807, 2.05) is 78.9 Å². The largest absolute Gasteiger partial charge is 0.457 e. The Kier molecular flexibility index (Phi) is 8.27. The molecule has 3 aromatic carbocycles. The van der Waals surface area contributed by atoms with Crippen LogP contribution in [0.1, 0.15) is 37.5 Å². The third kappa shape index (κ3) is 6.26. The van der Waals surface area contributed by atoms with E-state index in [1.165, 1.54) is 6.20 Å². The number of benzene rings is 3. The number of rotatable bonds is 8. The first-order chi connectivity index (χ1) is 17.5. The van der Waals surface area contributed by atoms with Crippen molar-refractivity contribution in [1.82, 2.24) is 4.57 Å². The van der Waals surface area contributed by atoms with Crippen LogP contribution in [0.15, 0.2) is 97.2 Å². The Morgan fingerprint density at radius 3 is 1.50 bits per heavy atom. The van der Waals surface area contributed by atoms with Gasteiger partial charge in [0.15, 0.2) is 5.69 Å². The highest BCUT2D eigenvalue weighted by atomic mass is 31.0. The van der Waals surface area contributed by atoms with Gasteiger partial charge in [-0.3, -0.25) is 0 Å². The fourth-order valence-corrected chi connectivity index (χ4v) is 3.86. The molecule has 182 valence electrons. The molecule has 8 heteroatoms. The zero-order chi connectivity index (χ0) is 25.3. The van der Waals surface area contributed by atoms with Crippen molar-refractivity contribution in [2.24, 2.45) is 0 Å². The van der Waals surface area contributed by atoms with E-state index < -0.39 is 18.0 Å². The minimum Gasteiger partial charge on any atom is -0.457 e. The van der Waals surface area contributed by atoms with Crippen LogP contribution in [0.2, 0.25) is 0 Å². The maximum absolute atomic E-state index is 13.2. The van der Waals surface area contributed by atoms with Gasteiger partial charge in [0.25, 0.3) is 0 Å². The summed E-state index contributed by atoms with van der Waals surface area (Å²) in [6.45, 7) is -0.0309. The molecule has 0 bridgehead atoms. The smallest absolute Gasteiger partial charge is 0.419 e. The Bertz CT molecular complexity index is 1340. The second-order valence-corrected chi connectivity index (χ2v) is 8.46. The minimum atomic E-state index is -0.851. The van der Waals surface area contributed by atoms with Gasteiger partial charge < -0.3 is 14.2 Å².